The van der Waals surface area contributed by atoms with Gasteiger partial charge in [-0.3, -0.25) is 4.79 Å². The van der Waals surface area contributed by atoms with E-state index in [4.69, 9.17) is 9.15 Å². The fourth-order valence-electron chi connectivity index (χ4n) is 2.28. The summed E-state index contributed by atoms with van der Waals surface area (Å²) in [4.78, 5) is 11.4. The lowest BCUT2D eigenvalue weighted by Crippen LogP contribution is -2.01. The first-order chi connectivity index (χ1) is 11.7. The molecule has 0 saturated carbocycles. The number of para-hydroxylation sites is 1. The van der Waals surface area contributed by atoms with Crippen LogP contribution in [0.5, 0.6) is 5.75 Å². The monoisotopic (exact) mass is 323 g/mol. The van der Waals surface area contributed by atoms with Crippen LogP contribution in [0.3, 0.4) is 0 Å². The summed E-state index contributed by atoms with van der Waals surface area (Å²) in [5, 5.41) is 11.3. The van der Waals surface area contributed by atoms with Gasteiger partial charge in [0.1, 0.15) is 5.75 Å². The number of hydrogen-bond acceptors (Lipinski definition) is 6. The molecule has 0 bridgehead atoms. The van der Waals surface area contributed by atoms with Gasteiger partial charge in [0.2, 0.25) is 5.89 Å². The molecule has 6 heteroatoms. The summed E-state index contributed by atoms with van der Waals surface area (Å²) in [6.07, 6.45) is 0. The van der Waals surface area contributed by atoms with Crippen LogP contribution < -0.4 is 10.1 Å². The number of ether oxygens (including phenoxy) is 1. The molecule has 0 aliphatic rings. The van der Waals surface area contributed by atoms with Crippen LogP contribution in [0, 0.1) is 0 Å². The fourth-order valence-corrected chi connectivity index (χ4v) is 2.28. The van der Waals surface area contributed by atoms with E-state index in [1.54, 1.807) is 19.2 Å². The number of benzene rings is 2. The molecule has 122 valence electrons. The van der Waals surface area contributed by atoms with E-state index in [0.717, 1.165) is 11.3 Å². The Morgan fingerprint density at radius 2 is 2.00 bits per heavy atom. The highest BCUT2D eigenvalue weighted by Crippen LogP contribution is 2.28. The molecule has 2 aromatic carbocycles. The Labute approximate surface area is 139 Å². The van der Waals surface area contributed by atoms with Crippen molar-refractivity contribution in [2.75, 3.05) is 12.4 Å². The Hall–Kier alpha value is -3.15. The predicted molar refractivity (Wildman–Crippen MR) is 90.1 cm³/mol. The molecule has 0 aliphatic heterocycles. The third kappa shape index (κ3) is 3.43. The van der Waals surface area contributed by atoms with Crippen LogP contribution in [0.25, 0.3) is 11.5 Å². The largest absolute Gasteiger partial charge is 0.496 e. The molecule has 0 radical (unpaired) electrons. The molecule has 0 atom stereocenters. The molecular weight excluding hydrogens is 306 g/mol. The summed E-state index contributed by atoms with van der Waals surface area (Å²) in [6, 6.07) is 14.7. The van der Waals surface area contributed by atoms with E-state index in [2.05, 4.69) is 15.5 Å². The zero-order valence-corrected chi connectivity index (χ0v) is 13.4. The number of nitrogens with zero attached hydrogens (tertiary/aromatic N) is 2. The van der Waals surface area contributed by atoms with Crippen LogP contribution in [0.2, 0.25) is 0 Å². The van der Waals surface area contributed by atoms with Gasteiger partial charge in [-0.15, -0.1) is 10.2 Å². The molecular formula is C18H17N3O3. The van der Waals surface area contributed by atoms with Gasteiger partial charge in [0.15, 0.2) is 5.78 Å². The fraction of sp³-hybridized carbons (Fsp3) is 0.167. The minimum Gasteiger partial charge on any atom is -0.496 e. The van der Waals surface area contributed by atoms with E-state index >= 15 is 0 Å². The summed E-state index contributed by atoms with van der Waals surface area (Å²) < 4.78 is 11.0. The molecule has 0 unspecified atom stereocenters. The molecule has 0 saturated heterocycles. The van der Waals surface area contributed by atoms with Gasteiger partial charge in [0.05, 0.1) is 19.2 Å². The zero-order valence-electron chi connectivity index (χ0n) is 13.4. The van der Waals surface area contributed by atoms with E-state index in [0.29, 0.717) is 29.6 Å². The van der Waals surface area contributed by atoms with Gasteiger partial charge >= 0.3 is 0 Å². The van der Waals surface area contributed by atoms with Crippen molar-refractivity contribution in [2.45, 2.75) is 13.5 Å². The van der Waals surface area contributed by atoms with Gasteiger partial charge in [-0.05, 0) is 31.2 Å². The van der Waals surface area contributed by atoms with Gasteiger partial charge in [-0.25, -0.2) is 0 Å². The first-order valence-corrected chi connectivity index (χ1v) is 7.48. The second-order valence-electron chi connectivity index (χ2n) is 5.19. The molecule has 3 aromatic rings. The van der Waals surface area contributed by atoms with Crippen LogP contribution >= 0.6 is 0 Å². The highest BCUT2D eigenvalue weighted by molar-refractivity contribution is 5.94. The lowest BCUT2D eigenvalue weighted by Gasteiger charge is -2.05. The standard InChI is InChI=1S/C18H17N3O3/c1-12(22)13-6-5-7-14(10-13)19-11-17-20-21-18(24-17)15-8-3-4-9-16(15)23-2/h3-10,19H,11H2,1-2H3. The highest BCUT2D eigenvalue weighted by Gasteiger charge is 2.12. The molecule has 0 aliphatic carbocycles. The van der Waals surface area contributed by atoms with Crippen molar-refractivity contribution in [3.8, 4) is 17.2 Å². The maximum Gasteiger partial charge on any atom is 0.251 e. The van der Waals surface area contributed by atoms with Crippen molar-refractivity contribution >= 4 is 11.5 Å². The molecule has 1 heterocycles. The Kier molecular flexibility index (Phi) is 4.56. The minimum atomic E-state index is 0.0231. The van der Waals surface area contributed by atoms with Crippen LogP contribution in [0.15, 0.2) is 52.9 Å². The van der Waals surface area contributed by atoms with Crippen molar-refractivity contribution in [3.63, 3.8) is 0 Å². The molecule has 1 aromatic heterocycles. The van der Waals surface area contributed by atoms with E-state index in [1.807, 2.05) is 36.4 Å². The van der Waals surface area contributed by atoms with Crippen LogP contribution in [0.4, 0.5) is 5.69 Å². The van der Waals surface area contributed by atoms with E-state index in [-0.39, 0.29) is 5.78 Å². The summed E-state index contributed by atoms with van der Waals surface area (Å²) >= 11 is 0. The maximum atomic E-state index is 11.4. The van der Waals surface area contributed by atoms with Crippen molar-refractivity contribution in [3.05, 3.63) is 60.0 Å². The average molecular weight is 323 g/mol. The number of ketones is 1. The SMILES string of the molecule is COc1ccccc1-c1nnc(CNc2cccc(C(C)=O)c2)o1. The second-order valence-corrected chi connectivity index (χ2v) is 5.19. The Balaban J connectivity index is 1.73. The number of anilines is 1. The van der Waals surface area contributed by atoms with Gasteiger partial charge in [0, 0.05) is 11.3 Å². The predicted octanol–water partition coefficient (Wildman–Crippen LogP) is 3.56. The topological polar surface area (TPSA) is 77.3 Å². The smallest absolute Gasteiger partial charge is 0.251 e. The number of aromatic nitrogens is 2. The molecule has 0 spiro atoms. The van der Waals surface area contributed by atoms with Crippen molar-refractivity contribution in [1.82, 2.24) is 10.2 Å². The van der Waals surface area contributed by atoms with Gasteiger partial charge in [-0.1, -0.05) is 24.3 Å². The number of rotatable bonds is 6. The van der Waals surface area contributed by atoms with Gasteiger partial charge in [-0.2, -0.15) is 0 Å². The van der Waals surface area contributed by atoms with Crippen molar-refractivity contribution < 1.29 is 13.9 Å². The zero-order chi connectivity index (χ0) is 16.9. The minimum absolute atomic E-state index is 0.0231. The molecule has 24 heavy (non-hydrogen) atoms. The van der Waals surface area contributed by atoms with Crippen molar-refractivity contribution in [2.24, 2.45) is 0 Å². The number of Topliss-reactive ketones (excluding diaryl/α,β-unsaturated/α-hetero) is 1. The lowest BCUT2D eigenvalue weighted by molar-refractivity contribution is 0.101. The van der Waals surface area contributed by atoms with Crippen molar-refractivity contribution in [1.29, 1.82) is 0 Å². The number of carbonyl (C=O) groups is 1. The second kappa shape index (κ2) is 6.95. The Morgan fingerprint density at radius 3 is 2.79 bits per heavy atom. The molecule has 0 amide bonds. The molecule has 0 fully saturated rings. The van der Waals surface area contributed by atoms with Gasteiger partial charge in [0.25, 0.3) is 5.89 Å². The first kappa shape index (κ1) is 15.7. The summed E-state index contributed by atoms with van der Waals surface area (Å²) in [6.45, 7) is 1.90. The summed E-state index contributed by atoms with van der Waals surface area (Å²) in [5.74, 6) is 1.55. The van der Waals surface area contributed by atoms with E-state index in [9.17, 15) is 4.79 Å². The van der Waals surface area contributed by atoms with Crippen LogP contribution in [-0.4, -0.2) is 23.1 Å². The van der Waals surface area contributed by atoms with Crippen LogP contribution in [-0.2, 0) is 6.54 Å². The third-order valence-electron chi connectivity index (χ3n) is 3.52. The maximum absolute atomic E-state index is 11.4. The molecule has 6 nitrogen and oxygen atoms in total. The number of methoxy groups -OCH3 is 1. The first-order valence-electron chi connectivity index (χ1n) is 7.48. The van der Waals surface area contributed by atoms with Crippen LogP contribution in [0.1, 0.15) is 23.2 Å². The average Bonchev–Trinajstić information content (AvgIpc) is 3.09. The quantitative estimate of drug-likeness (QED) is 0.699. The molecule has 3 rings (SSSR count). The highest BCUT2D eigenvalue weighted by atomic mass is 16.5. The van der Waals surface area contributed by atoms with E-state index < -0.39 is 0 Å². The summed E-state index contributed by atoms with van der Waals surface area (Å²) in [7, 11) is 1.60. The Morgan fingerprint density at radius 1 is 1.17 bits per heavy atom. The van der Waals surface area contributed by atoms with E-state index in [1.165, 1.54) is 6.92 Å². The lowest BCUT2D eigenvalue weighted by atomic mass is 10.1. The number of nitrogens with one attached hydrogen (secondary N) is 1. The number of hydrogen-bond donors (Lipinski definition) is 1. The normalized spacial score (nSPS) is 10.4. The third-order valence-corrected chi connectivity index (χ3v) is 3.52. The summed E-state index contributed by atoms with van der Waals surface area (Å²) in [5.41, 5.74) is 2.22. The number of carbonyl (C=O) groups excluding carboxylic acids is 1. The molecule has 1 N–H and O–H groups in total. The Bertz CT molecular complexity index is 858. The van der Waals surface area contributed by atoms with Gasteiger partial charge < -0.3 is 14.5 Å².